The number of hydrogen-bond acceptors (Lipinski definition) is 4. The Morgan fingerprint density at radius 3 is 2.50 bits per heavy atom. The summed E-state index contributed by atoms with van der Waals surface area (Å²) in [5, 5.41) is 10.2. The van der Waals surface area contributed by atoms with Gasteiger partial charge in [-0.25, -0.2) is 13.1 Å². The molecule has 0 amide bonds. The molecule has 1 rings (SSSR count). The second-order valence-corrected chi connectivity index (χ2v) is 7.68. The maximum Gasteiger partial charge on any atom is 0.240 e. The van der Waals surface area contributed by atoms with Crippen LogP contribution in [0.15, 0.2) is 23.1 Å². The predicted octanol–water partition coefficient (Wildman–Crippen LogP) is 1.65. The Morgan fingerprint density at radius 2 is 2.00 bits per heavy atom. The molecule has 114 valence electrons. The van der Waals surface area contributed by atoms with Crippen LogP contribution < -0.4 is 10.5 Å². The summed E-state index contributed by atoms with van der Waals surface area (Å²) in [4.78, 5) is 0.187. The van der Waals surface area contributed by atoms with Gasteiger partial charge in [0, 0.05) is 12.2 Å². The lowest BCUT2D eigenvalue weighted by Crippen LogP contribution is -2.41. The number of nitrogens with two attached hydrogens (primary N) is 1. The van der Waals surface area contributed by atoms with E-state index < -0.39 is 15.6 Å². The second-order valence-electron chi connectivity index (χ2n) is 5.94. The standard InChI is InChI=1S/C14H24N2O3S/c1-10(2)8-14(4,17)9-16-20(18,19)13-6-5-12(15)7-11(13)3/h5-7,10,16-17H,8-9,15H2,1-4H3. The number of nitrogens with one attached hydrogen (secondary N) is 1. The minimum Gasteiger partial charge on any atom is -0.399 e. The monoisotopic (exact) mass is 300 g/mol. The fraction of sp³-hybridized carbons (Fsp3) is 0.571. The average molecular weight is 300 g/mol. The number of hydrogen-bond donors (Lipinski definition) is 3. The number of rotatable bonds is 6. The lowest BCUT2D eigenvalue weighted by Gasteiger charge is -2.25. The van der Waals surface area contributed by atoms with Crippen LogP contribution in [0.1, 0.15) is 32.8 Å². The highest BCUT2D eigenvalue weighted by atomic mass is 32.2. The van der Waals surface area contributed by atoms with Crippen LogP contribution in [0.4, 0.5) is 5.69 Å². The Kier molecular flexibility index (Phi) is 5.18. The number of benzene rings is 1. The van der Waals surface area contributed by atoms with Crippen LogP contribution in [-0.4, -0.2) is 25.7 Å². The molecule has 1 unspecified atom stereocenters. The molecule has 0 fully saturated rings. The smallest absolute Gasteiger partial charge is 0.240 e. The third-order valence-electron chi connectivity index (χ3n) is 2.98. The zero-order valence-corrected chi connectivity index (χ0v) is 13.3. The molecule has 4 N–H and O–H groups in total. The first-order valence-electron chi connectivity index (χ1n) is 6.62. The van der Waals surface area contributed by atoms with Crippen molar-refractivity contribution in [1.82, 2.24) is 4.72 Å². The maximum atomic E-state index is 12.2. The van der Waals surface area contributed by atoms with Gasteiger partial charge in [0.15, 0.2) is 0 Å². The second kappa shape index (κ2) is 6.11. The number of aliphatic hydroxyl groups is 1. The molecule has 0 spiro atoms. The first-order valence-corrected chi connectivity index (χ1v) is 8.10. The third kappa shape index (κ3) is 4.77. The van der Waals surface area contributed by atoms with Gasteiger partial charge in [-0.1, -0.05) is 13.8 Å². The van der Waals surface area contributed by atoms with Gasteiger partial charge in [0.25, 0.3) is 0 Å². The first-order chi connectivity index (χ1) is 9.03. The Morgan fingerprint density at radius 1 is 1.40 bits per heavy atom. The summed E-state index contributed by atoms with van der Waals surface area (Å²) in [7, 11) is -3.64. The molecule has 5 nitrogen and oxygen atoms in total. The van der Waals surface area contributed by atoms with Gasteiger partial charge in [0.1, 0.15) is 0 Å². The third-order valence-corrected chi connectivity index (χ3v) is 4.54. The van der Waals surface area contributed by atoms with Crippen LogP contribution in [0.5, 0.6) is 0 Å². The van der Waals surface area contributed by atoms with E-state index in [-0.39, 0.29) is 17.4 Å². The highest BCUT2D eigenvalue weighted by molar-refractivity contribution is 7.89. The average Bonchev–Trinajstić information content (AvgIpc) is 2.24. The van der Waals surface area contributed by atoms with E-state index in [1.165, 1.54) is 6.07 Å². The fourth-order valence-corrected chi connectivity index (χ4v) is 3.64. The first kappa shape index (κ1) is 16.9. The summed E-state index contributed by atoms with van der Waals surface area (Å²) in [6, 6.07) is 4.64. The van der Waals surface area contributed by atoms with Crippen molar-refractivity contribution in [3.63, 3.8) is 0 Å². The molecule has 1 atom stereocenters. The van der Waals surface area contributed by atoms with E-state index in [1.807, 2.05) is 13.8 Å². The van der Waals surface area contributed by atoms with E-state index in [0.717, 1.165) is 0 Å². The van der Waals surface area contributed by atoms with Crippen LogP contribution in [0.2, 0.25) is 0 Å². The Hall–Kier alpha value is -1.11. The summed E-state index contributed by atoms with van der Waals surface area (Å²) >= 11 is 0. The fourth-order valence-electron chi connectivity index (χ4n) is 2.25. The van der Waals surface area contributed by atoms with E-state index in [0.29, 0.717) is 17.7 Å². The van der Waals surface area contributed by atoms with Crippen LogP contribution >= 0.6 is 0 Å². The Labute approximate surface area is 121 Å². The lowest BCUT2D eigenvalue weighted by molar-refractivity contribution is 0.0436. The van der Waals surface area contributed by atoms with Gasteiger partial charge in [-0.05, 0) is 49.9 Å². The molecule has 0 aliphatic carbocycles. The highest BCUT2D eigenvalue weighted by Crippen LogP contribution is 2.20. The van der Waals surface area contributed by atoms with Crippen LogP contribution in [0.3, 0.4) is 0 Å². The molecule has 0 aliphatic heterocycles. The molecule has 0 aliphatic rings. The van der Waals surface area contributed by atoms with Crippen molar-refractivity contribution in [2.75, 3.05) is 12.3 Å². The molecule has 1 aromatic rings. The molecule has 0 saturated heterocycles. The van der Waals surface area contributed by atoms with E-state index >= 15 is 0 Å². The van der Waals surface area contributed by atoms with Crippen LogP contribution in [0, 0.1) is 12.8 Å². The number of nitrogen functional groups attached to an aromatic ring is 1. The van der Waals surface area contributed by atoms with Gasteiger partial charge in [0.2, 0.25) is 10.0 Å². The zero-order chi connectivity index (χ0) is 15.6. The minimum atomic E-state index is -3.64. The van der Waals surface area contributed by atoms with Crippen LogP contribution in [-0.2, 0) is 10.0 Å². The van der Waals surface area contributed by atoms with Gasteiger partial charge in [0.05, 0.1) is 10.5 Å². The molecular weight excluding hydrogens is 276 g/mol. The highest BCUT2D eigenvalue weighted by Gasteiger charge is 2.25. The number of anilines is 1. The van der Waals surface area contributed by atoms with Gasteiger partial charge in [-0.3, -0.25) is 0 Å². The van der Waals surface area contributed by atoms with Crippen molar-refractivity contribution in [2.45, 2.75) is 44.6 Å². The Balaban J connectivity index is 2.85. The lowest BCUT2D eigenvalue weighted by atomic mass is 9.95. The van der Waals surface area contributed by atoms with E-state index in [1.54, 1.807) is 26.0 Å². The van der Waals surface area contributed by atoms with Crippen molar-refractivity contribution in [3.05, 3.63) is 23.8 Å². The quantitative estimate of drug-likeness (QED) is 0.697. The zero-order valence-electron chi connectivity index (χ0n) is 12.5. The summed E-state index contributed by atoms with van der Waals surface area (Å²) in [5.41, 5.74) is 5.65. The van der Waals surface area contributed by atoms with Gasteiger partial charge in [-0.15, -0.1) is 0 Å². The van der Waals surface area contributed by atoms with E-state index in [4.69, 9.17) is 5.73 Å². The molecule has 0 bridgehead atoms. The summed E-state index contributed by atoms with van der Waals surface area (Å²) in [5.74, 6) is 0.285. The molecule has 0 aromatic heterocycles. The summed E-state index contributed by atoms with van der Waals surface area (Å²) < 4.78 is 26.9. The normalized spacial score (nSPS) is 15.3. The summed E-state index contributed by atoms with van der Waals surface area (Å²) in [6.07, 6.45) is 0.524. The van der Waals surface area contributed by atoms with E-state index in [2.05, 4.69) is 4.72 Å². The molecule has 20 heavy (non-hydrogen) atoms. The van der Waals surface area contributed by atoms with Crippen LogP contribution in [0.25, 0.3) is 0 Å². The molecule has 6 heteroatoms. The van der Waals surface area contributed by atoms with Crippen molar-refractivity contribution in [1.29, 1.82) is 0 Å². The summed E-state index contributed by atoms with van der Waals surface area (Å²) in [6.45, 7) is 7.26. The molecule has 0 saturated carbocycles. The minimum absolute atomic E-state index is 0.0165. The van der Waals surface area contributed by atoms with Crippen molar-refractivity contribution in [2.24, 2.45) is 5.92 Å². The van der Waals surface area contributed by atoms with Crippen molar-refractivity contribution >= 4 is 15.7 Å². The molecule has 0 radical (unpaired) electrons. The number of sulfonamides is 1. The molecule has 0 heterocycles. The van der Waals surface area contributed by atoms with E-state index in [9.17, 15) is 13.5 Å². The van der Waals surface area contributed by atoms with Gasteiger partial charge in [-0.2, -0.15) is 0 Å². The predicted molar refractivity (Wildman–Crippen MR) is 80.9 cm³/mol. The van der Waals surface area contributed by atoms with Gasteiger partial charge >= 0.3 is 0 Å². The Bertz CT molecular complexity index is 566. The molecular formula is C14H24N2O3S. The largest absolute Gasteiger partial charge is 0.399 e. The van der Waals surface area contributed by atoms with Crippen molar-refractivity contribution < 1.29 is 13.5 Å². The van der Waals surface area contributed by atoms with Gasteiger partial charge < -0.3 is 10.8 Å². The molecule has 1 aromatic carbocycles. The topological polar surface area (TPSA) is 92.4 Å². The SMILES string of the molecule is Cc1cc(N)ccc1S(=O)(=O)NCC(C)(O)CC(C)C. The maximum absolute atomic E-state index is 12.2. The number of aryl methyl sites for hydroxylation is 1. The van der Waals surface area contributed by atoms with Crippen molar-refractivity contribution in [3.8, 4) is 0 Å².